The maximum absolute atomic E-state index is 11.9. The first-order valence-corrected chi connectivity index (χ1v) is 6.67. The van der Waals surface area contributed by atoms with Gasteiger partial charge in [-0.05, 0) is 12.1 Å². The quantitative estimate of drug-likeness (QED) is 0.365. The average molecular weight is 390 g/mol. The monoisotopic (exact) mass is 390 g/mol. The Morgan fingerprint density at radius 3 is 1.81 bits per heavy atom. The van der Waals surface area contributed by atoms with E-state index in [4.69, 9.17) is 5.11 Å². The van der Waals surface area contributed by atoms with Gasteiger partial charge < -0.3 is 15.3 Å². The molecular weight excluding hydrogens is 375 g/mol. The Morgan fingerprint density at radius 2 is 1.44 bits per heavy atom. The molecule has 2 aromatic rings. The number of carboxylic acid groups (broad SMARTS) is 1. The van der Waals surface area contributed by atoms with Gasteiger partial charge in [0.1, 0.15) is 24.5 Å². The molecule has 27 heavy (non-hydrogen) atoms. The second-order valence-corrected chi connectivity index (χ2v) is 4.38. The van der Waals surface area contributed by atoms with Crippen LogP contribution in [0.15, 0.2) is 24.5 Å². The van der Waals surface area contributed by atoms with Crippen molar-refractivity contribution in [2.75, 3.05) is 7.11 Å². The van der Waals surface area contributed by atoms with E-state index in [1.54, 1.807) is 0 Å². The number of methoxy groups -OCH3 is 1. The molecule has 2 rings (SSSR count). The fourth-order valence-electron chi connectivity index (χ4n) is 1.68. The van der Waals surface area contributed by atoms with Crippen LogP contribution in [0.3, 0.4) is 0 Å². The number of aromatic nitrogens is 4. The zero-order valence-corrected chi connectivity index (χ0v) is 14.3. The van der Waals surface area contributed by atoms with Crippen LogP contribution in [0.4, 0.5) is 17.6 Å². The van der Waals surface area contributed by atoms with Crippen molar-refractivity contribution in [3.8, 4) is 0 Å². The van der Waals surface area contributed by atoms with Crippen LogP contribution in [-0.4, -0.2) is 62.0 Å². The van der Waals surface area contributed by atoms with Crippen LogP contribution in [-0.2, 0) is 17.8 Å². The number of carboxylic acids is 1. The van der Waals surface area contributed by atoms with Crippen molar-refractivity contribution < 1.29 is 61.3 Å². The number of hydrogen-bond acceptors (Lipinski definition) is 6. The Bertz CT molecular complexity index is 710. The van der Waals surface area contributed by atoms with Gasteiger partial charge in [-0.3, -0.25) is 9.36 Å². The van der Waals surface area contributed by atoms with Gasteiger partial charge in [0.05, 0.1) is 7.11 Å². The molecule has 2 aromatic heterocycles. The number of nitrogens with zero attached hydrogens (tertiary/aromatic N) is 4. The van der Waals surface area contributed by atoms with Crippen LogP contribution in [0.2, 0.25) is 0 Å². The number of alkyl halides is 4. The number of rotatable bonds is 6. The molecule has 0 aromatic carbocycles. The van der Waals surface area contributed by atoms with E-state index >= 15 is 0 Å². The third kappa shape index (κ3) is 8.71. The fraction of sp³-hybridized carbons (Fsp3) is 0.385. The van der Waals surface area contributed by atoms with Crippen molar-refractivity contribution >= 4 is 11.9 Å². The van der Waals surface area contributed by atoms with E-state index < -0.39 is 37.9 Å². The van der Waals surface area contributed by atoms with Gasteiger partial charge in [0.25, 0.3) is 12.9 Å². The summed E-state index contributed by atoms with van der Waals surface area (Å²) in [4.78, 5) is 21.3. The van der Waals surface area contributed by atoms with E-state index in [2.05, 4.69) is 14.9 Å². The minimum absolute atomic E-state index is 0. The molecule has 0 aliphatic carbocycles. The maximum atomic E-state index is 11.9. The Hall–Kier alpha value is -2.36. The molecule has 0 unspecified atom stereocenters. The second kappa shape index (κ2) is 12.9. The number of esters is 1. The third-order valence-electron chi connectivity index (χ3n) is 2.67. The number of ether oxygens (including phenoxy) is 1. The predicted octanol–water partition coefficient (Wildman–Crippen LogP) is -1.39. The van der Waals surface area contributed by atoms with Crippen molar-refractivity contribution in [2.45, 2.75) is 25.9 Å². The van der Waals surface area contributed by atoms with Crippen LogP contribution in [0.1, 0.15) is 21.0 Å². The largest absolute Gasteiger partial charge is 1.00 e. The number of aromatic carboxylic acids is 1. The standard InChI is InChI=1S/C7H8F2N2O2.C6H6F2N2O2.Li.H2O/c1-13-7(12)5-2-3-10-11(5)4-6(8)9;7-5(8)3-10-4(6(11)12)1-2-9-10;;/h2-3,6H,4H2,1H3;1-2,5H,3H2,(H,11,12);;1H2/q;;+1;/p-1. The smallest absolute Gasteiger partial charge is 0.870 e. The van der Waals surface area contributed by atoms with Gasteiger partial charge in [-0.25, -0.2) is 27.2 Å². The van der Waals surface area contributed by atoms with Crippen LogP contribution >= 0.6 is 0 Å². The third-order valence-corrected chi connectivity index (χ3v) is 2.67. The van der Waals surface area contributed by atoms with Gasteiger partial charge >= 0.3 is 30.8 Å². The number of carbonyl (C=O) groups excluding carboxylic acids is 1. The molecule has 0 fully saturated rings. The summed E-state index contributed by atoms with van der Waals surface area (Å²) >= 11 is 0. The van der Waals surface area contributed by atoms with E-state index in [1.165, 1.54) is 31.6 Å². The summed E-state index contributed by atoms with van der Waals surface area (Å²) in [5.74, 6) is -1.92. The van der Waals surface area contributed by atoms with Gasteiger partial charge in [0, 0.05) is 12.4 Å². The Labute approximate surface area is 162 Å². The second-order valence-electron chi connectivity index (χ2n) is 4.38. The van der Waals surface area contributed by atoms with Crippen LogP contribution in [0.5, 0.6) is 0 Å². The van der Waals surface area contributed by atoms with Crippen LogP contribution in [0.25, 0.3) is 0 Å². The molecule has 2 N–H and O–H groups in total. The molecule has 0 aliphatic heterocycles. The summed E-state index contributed by atoms with van der Waals surface area (Å²) in [6, 6.07) is 2.50. The normalized spacial score (nSPS) is 9.74. The average Bonchev–Trinajstić information content (AvgIpc) is 3.15. The van der Waals surface area contributed by atoms with Gasteiger partial charge in [-0.15, -0.1) is 0 Å². The maximum Gasteiger partial charge on any atom is 1.00 e. The molecule has 2 heterocycles. The topological polar surface area (TPSA) is 129 Å². The number of hydrogen-bond donors (Lipinski definition) is 1. The Balaban J connectivity index is 0. The molecule has 0 aliphatic rings. The van der Waals surface area contributed by atoms with Gasteiger partial charge in [0.15, 0.2) is 0 Å². The first-order chi connectivity index (χ1) is 11.8. The van der Waals surface area contributed by atoms with Gasteiger partial charge in [-0.2, -0.15) is 10.2 Å². The molecule has 14 heteroatoms. The summed E-state index contributed by atoms with van der Waals surface area (Å²) < 4.78 is 53.5. The van der Waals surface area contributed by atoms with Crippen molar-refractivity contribution in [1.82, 2.24) is 19.6 Å². The minimum atomic E-state index is -2.59. The zero-order valence-electron chi connectivity index (χ0n) is 14.3. The molecule has 0 saturated carbocycles. The summed E-state index contributed by atoms with van der Waals surface area (Å²) in [6.45, 7) is -1.29. The van der Waals surface area contributed by atoms with Gasteiger partial charge in [-0.1, -0.05) is 0 Å². The van der Waals surface area contributed by atoms with E-state index in [0.717, 1.165) is 9.36 Å². The molecule has 9 nitrogen and oxygen atoms in total. The van der Waals surface area contributed by atoms with E-state index in [9.17, 15) is 27.2 Å². The Kier molecular flexibility index (Phi) is 12.8. The van der Waals surface area contributed by atoms with Crippen LogP contribution in [0, 0.1) is 0 Å². The molecule has 0 bridgehead atoms. The first-order valence-electron chi connectivity index (χ1n) is 6.67. The van der Waals surface area contributed by atoms with Crippen molar-refractivity contribution in [1.29, 1.82) is 0 Å². The predicted molar refractivity (Wildman–Crippen MR) is 76.7 cm³/mol. The fourth-order valence-corrected chi connectivity index (χ4v) is 1.68. The molecule has 0 amide bonds. The molecule has 0 spiro atoms. The van der Waals surface area contributed by atoms with E-state index in [-0.39, 0.29) is 35.7 Å². The van der Waals surface area contributed by atoms with Crippen molar-refractivity contribution in [3.63, 3.8) is 0 Å². The summed E-state index contributed by atoms with van der Waals surface area (Å²) in [7, 11) is 1.18. The number of halogens is 4. The summed E-state index contributed by atoms with van der Waals surface area (Å²) in [5.41, 5.74) is -0.196. The minimum Gasteiger partial charge on any atom is -0.870 e. The summed E-state index contributed by atoms with van der Waals surface area (Å²) in [6.07, 6.45) is -2.69. The van der Waals surface area contributed by atoms with E-state index in [0.29, 0.717) is 0 Å². The van der Waals surface area contributed by atoms with E-state index in [1.807, 2.05) is 0 Å². The SMILES string of the molecule is COC(=O)c1ccnn1CC(F)F.O=C(O)c1ccnn1CC(F)F.[Li+].[OH-]. The van der Waals surface area contributed by atoms with Crippen molar-refractivity contribution in [3.05, 3.63) is 35.9 Å². The van der Waals surface area contributed by atoms with Crippen molar-refractivity contribution in [2.24, 2.45) is 0 Å². The van der Waals surface area contributed by atoms with Gasteiger partial charge in [0.2, 0.25) is 0 Å². The van der Waals surface area contributed by atoms with Crippen LogP contribution < -0.4 is 18.9 Å². The first kappa shape index (κ1) is 26.9. The molecule has 146 valence electrons. The zero-order chi connectivity index (χ0) is 19.0. The Morgan fingerprint density at radius 1 is 1.04 bits per heavy atom. The molecule has 0 atom stereocenters. The molecule has 0 saturated heterocycles. The molecular formula is C13H15F4LiN4O5. The molecule has 0 radical (unpaired) electrons. The summed E-state index contributed by atoms with van der Waals surface area (Å²) in [5, 5.41) is 15.5. The number of carbonyl (C=O) groups is 2.